The topological polar surface area (TPSA) is 78.1 Å². The Hall–Kier alpha value is -3.51. The first kappa shape index (κ1) is 19.8. The maximum absolute atomic E-state index is 12.8. The second kappa shape index (κ2) is 8.47. The number of aromatic amines is 1. The van der Waals surface area contributed by atoms with Crippen molar-refractivity contribution >= 4 is 33.3 Å². The number of amides is 1. The van der Waals surface area contributed by atoms with Crippen LogP contribution in [0.25, 0.3) is 21.7 Å². The smallest absolute Gasteiger partial charge is 0.258 e. The molecule has 4 aromatic rings. The number of hydrogen-bond acceptors (Lipinski definition) is 4. The second-order valence-electron chi connectivity index (χ2n) is 7.60. The molecule has 0 aliphatic heterocycles. The lowest BCUT2D eigenvalue weighted by Gasteiger charge is -2.25. The fourth-order valence-corrected chi connectivity index (χ4v) is 3.53. The van der Waals surface area contributed by atoms with Crippen LogP contribution in [0, 0.1) is 0 Å². The molecular formula is C24H24N4O2. The summed E-state index contributed by atoms with van der Waals surface area (Å²) in [6.45, 7) is 4.60. The standard InChI is InChI=1S/C24H24N4O2/c1-16(2)28(14-22-25-21-12-6-5-11-19(21)24(30)27-22)15-23(29)26-20-13-7-9-17-8-3-4-10-18(17)20/h3-13,16H,14-15H2,1-2H3,(H,26,29)(H,25,27,30). The summed E-state index contributed by atoms with van der Waals surface area (Å²) in [5, 5.41) is 5.67. The molecule has 0 unspecified atom stereocenters. The van der Waals surface area contributed by atoms with E-state index in [1.54, 1.807) is 6.07 Å². The third-order valence-corrected chi connectivity index (χ3v) is 5.16. The van der Waals surface area contributed by atoms with Crippen LogP contribution in [0.5, 0.6) is 0 Å². The van der Waals surface area contributed by atoms with E-state index in [1.165, 1.54) is 0 Å². The van der Waals surface area contributed by atoms with Gasteiger partial charge >= 0.3 is 0 Å². The maximum Gasteiger partial charge on any atom is 0.258 e. The number of rotatable bonds is 6. The van der Waals surface area contributed by atoms with Gasteiger partial charge in [0.25, 0.3) is 5.56 Å². The van der Waals surface area contributed by atoms with E-state index in [2.05, 4.69) is 15.3 Å². The number of anilines is 1. The van der Waals surface area contributed by atoms with E-state index in [1.807, 2.05) is 79.4 Å². The molecule has 0 fully saturated rings. The molecule has 152 valence electrons. The predicted octanol–water partition coefficient (Wildman–Crippen LogP) is 3.93. The van der Waals surface area contributed by atoms with Crippen LogP contribution in [0.15, 0.2) is 71.5 Å². The molecule has 0 saturated carbocycles. The van der Waals surface area contributed by atoms with E-state index in [-0.39, 0.29) is 24.1 Å². The molecular weight excluding hydrogens is 376 g/mol. The van der Waals surface area contributed by atoms with Crippen LogP contribution in [0.2, 0.25) is 0 Å². The minimum atomic E-state index is -0.167. The highest BCUT2D eigenvalue weighted by molar-refractivity contribution is 6.02. The van der Waals surface area contributed by atoms with Crippen LogP contribution in [-0.4, -0.2) is 33.4 Å². The van der Waals surface area contributed by atoms with Gasteiger partial charge in [0.15, 0.2) is 0 Å². The molecule has 0 bridgehead atoms. The molecule has 1 heterocycles. The summed E-state index contributed by atoms with van der Waals surface area (Å²) < 4.78 is 0. The molecule has 4 rings (SSSR count). The highest BCUT2D eigenvalue weighted by Gasteiger charge is 2.17. The molecule has 6 nitrogen and oxygen atoms in total. The first-order valence-corrected chi connectivity index (χ1v) is 10.0. The summed E-state index contributed by atoms with van der Waals surface area (Å²) in [5.41, 5.74) is 1.28. The van der Waals surface area contributed by atoms with Gasteiger partial charge in [0.2, 0.25) is 5.91 Å². The molecule has 0 aliphatic carbocycles. The lowest BCUT2D eigenvalue weighted by molar-refractivity contribution is -0.117. The fraction of sp³-hybridized carbons (Fsp3) is 0.208. The summed E-state index contributed by atoms with van der Waals surface area (Å²) in [7, 11) is 0. The van der Waals surface area contributed by atoms with Crippen molar-refractivity contribution in [1.82, 2.24) is 14.9 Å². The van der Waals surface area contributed by atoms with E-state index in [9.17, 15) is 9.59 Å². The van der Waals surface area contributed by atoms with E-state index in [4.69, 9.17) is 0 Å². The van der Waals surface area contributed by atoms with Crippen molar-refractivity contribution in [2.45, 2.75) is 26.4 Å². The van der Waals surface area contributed by atoms with Gasteiger partial charge in [-0.15, -0.1) is 0 Å². The van der Waals surface area contributed by atoms with Gasteiger partial charge in [-0.3, -0.25) is 14.5 Å². The number of hydrogen-bond donors (Lipinski definition) is 2. The van der Waals surface area contributed by atoms with Crippen molar-refractivity contribution in [1.29, 1.82) is 0 Å². The number of carbonyl (C=O) groups excluding carboxylic acids is 1. The minimum Gasteiger partial charge on any atom is -0.324 e. The Morgan fingerprint density at radius 2 is 1.70 bits per heavy atom. The molecule has 0 aliphatic rings. The third kappa shape index (κ3) is 4.23. The highest BCUT2D eigenvalue weighted by Crippen LogP contribution is 2.23. The van der Waals surface area contributed by atoms with E-state index < -0.39 is 0 Å². The van der Waals surface area contributed by atoms with Crippen molar-refractivity contribution in [3.05, 3.63) is 82.9 Å². The van der Waals surface area contributed by atoms with Crippen molar-refractivity contribution < 1.29 is 4.79 Å². The summed E-state index contributed by atoms with van der Waals surface area (Å²) in [6.07, 6.45) is 0. The third-order valence-electron chi connectivity index (χ3n) is 5.16. The predicted molar refractivity (Wildman–Crippen MR) is 120 cm³/mol. The van der Waals surface area contributed by atoms with E-state index in [0.29, 0.717) is 23.3 Å². The number of nitrogens with one attached hydrogen (secondary N) is 2. The Morgan fingerprint density at radius 3 is 2.50 bits per heavy atom. The lowest BCUT2D eigenvalue weighted by Crippen LogP contribution is -2.38. The van der Waals surface area contributed by atoms with E-state index in [0.717, 1.165) is 16.5 Å². The van der Waals surface area contributed by atoms with Gasteiger partial charge in [-0.05, 0) is 37.4 Å². The number of aromatic nitrogens is 2. The largest absolute Gasteiger partial charge is 0.324 e. The molecule has 0 atom stereocenters. The van der Waals surface area contributed by atoms with Crippen LogP contribution < -0.4 is 10.9 Å². The lowest BCUT2D eigenvalue weighted by atomic mass is 10.1. The first-order valence-electron chi connectivity index (χ1n) is 10.0. The maximum atomic E-state index is 12.8. The van der Waals surface area contributed by atoms with Gasteiger partial charge in [-0.2, -0.15) is 0 Å². The molecule has 0 saturated heterocycles. The van der Waals surface area contributed by atoms with E-state index >= 15 is 0 Å². The van der Waals surface area contributed by atoms with Gasteiger partial charge in [-0.1, -0.05) is 48.5 Å². The second-order valence-corrected chi connectivity index (χ2v) is 7.60. The Bertz CT molecular complexity index is 1260. The molecule has 0 spiro atoms. The molecule has 30 heavy (non-hydrogen) atoms. The monoisotopic (exact) mass is 400 g/mol. The molecule has 0 radical (unpaired) electrons. The summed E-state index contributed by atoms with van der Waals surface area (Å²) >= 11 is 0. The number of nitrogens with zero attached hydrogens (tertiary/aromatic N) is 2. The van der Waals surface area contributed by atoms with Crippen LogP contribution in [0.1, 0.15) is 19.7 Å². The number of carbonyl (C=O) groups is 1. The molecule has 1 amide bonds. The van der Waals surface area contributed by atoms with Crippen molar-refractivity contribution in [3.8, 4) is 0 Å². The normalized spacial score (nSPS) is 11.5. The van der Waals surface area contributed by atoms with Gasteiger partial charge in [0.1, 0.15) is 5.82 Å². The molecule has 6 heteroatoms. The number of H-pyrrole nitrogens is 1. The quantitative estimate of drug-likeness (QED) is 0.514. The Labute approximate surface area is 174 Å². The van der Waals surface area contributed by atoms with Gasteiger partial charge in [0, 0.05) is 17.1 Å². The molecule has 1 aromatic heterocycles. The zero-order chi connectivity index (χ0) is 21.1. The Balaban J connectivity index is 1.52. The Kier molecular flexibility index (Phi) is 5.59. The first-order chi connectivity index (χ1) is 14.5. The van der Waals surface area contributed by atoms with Crippen LogP contribution in [-0.2, 0) is 11.3 Å². The highest BCUT2D eigenvalue weighted by atomic mass is 16.2. The summed E-state index contributed by atoms with van der Waals surface area (Å²) in [6, 6.07) is 21.2. The van der Waals surface area contributed by atoms with Crippen LogP contribution in [0.3, 0.4) is 0 Å². The fourth-order valence-electron chi connectivity index (χ4n) is 3.53. The van der Waals surface area contributed by atoms with Crippen molar-refractivity contribution in [2.75, 3.05) is 11.9 Å². The SMILES string of the molecule is CC(C)N(CC(=O)Nc1cccc2ccccc12)Cc1nc2ccccc2c(=O)[nH]1. The number of fused-ring (bicyclic) bond motifs is 2. The minimum absolute atomic E-state index is 0.0973. The molecule has 2 N–H and O–H groups in total. The molecule has 3 aromatic carbocycles. The zero-order valence-electron chi connectivity index (χ0n) is 17.1. The average Bonchev–Trinajstić information content (AvgIpc) is 2.73. The van der Waals surface area contributed by atoms with Crippen LogP contribution >= 0.6 is 0 Å². The average molecular weight is 400 g/mol. The summed E-state index contributed by atoms with van der Waals surface area (Å²) in [5.74, 6) is 0.438. The van der Waals surface area contributed by atoms with Crippen LogP contribution in [0.4, 0.5) is 5.69 Å². The Morgan fingerprint density at radius 1 is 1.00 bits per heavy atom. The van der Waals surface area contributed by atoms with Crippen molar-refractivity contribution in [2.24, 2.45) is 0 Å². The number of benzene rings is 3. The van der Waals surface area contributed by atoms with Gasteiger partial charge in [0.05, 0.1) is 24.0 Å². The van der Waals surface area contributed by atoms with Gasteiger partial charge in [-0.25, -0.2) is 4.98 Å². The number of para-hydroxylation sites is 1. The van der Waals surface area contributed by atoms with Crippen molar-refractivity contribution in [3.63, 3.8) is 0 Å². The zero-order valence-corrected chi connectivity index (χ0v) is 17.1. The van der Waals surface area contributed by atoms with Gasteiger partial charge < -0.3 is 10.3 Å². The summed E-state index contributed by atoms with van der Waals surface area (Å²) in [4.78, 5) is 34.5.